The molecule has 1 aromatic carbocycles. The first kappa shape index (κ1) is 14.6. The van der Waals surface area contributed by atoms with Crippen LogP contribution >= 0.6 is 0 Å². The molecule has 3 heteroatoms. The van der Waals surface area contributed by atoms with E-state index < -0.39 is 0 Å². The molecule has 1 rings (SSSR count). The van der Waals surface area contributed by atoms with Gasteiger partial charge in [-0.1, -0.05) is 43.8 Å². The summed E-state index contributed by atoms with van der Waals surface area (Å²) in [7, 11) is 0. The summed E-state index contributed by atoms with van der Waals surface area (Å²) in [6.45, 7) is 4.11. The Morgan fingerprint density at radius 2 is 1.89 bits per heavy atom. The Kier molecular flexibility index (Phi) is 6.26. The number of unbranched alkanes of at least 4 members (excludes halogenated alkanes) is 4. The minimum Gasteiger partial charge on any atom is -0.507 e. The maximum Gasteiger partial charge on any atom is 0.125 e. The molecule has 2 N–H and O–H groups in total. The van der Waals surface area contributed by atoms with E-state index in [1.54, 1.807) is 6.07 Å². The van der Waals surface area contributed by atoms with Crippen LogP contribution in [-0.2, 0) is 0 Å². The SMILES string of the molecule is CCCCCCC/C(=N\O)c1ccc(C)cc1O. The molecule has 100 valence electrons. The third-order valence-corrected chi connectivity index (χ3v) is 3.10. The van der Waals surface area contributed by atoms with Gasteiger partial charge in [0.15, 0.2) is 0 Å². The Bertz CT molecular complexity index is 399. The maximum atomic E-state index is 9.84. The zero-order valence-electron chi connectivity index (χ0n) is 11.3. The first-order valence-corrected chi connectivity index (χ1v) is 6.70. The predicted molar refractivity (Wildman–Crippen MR) is 74.5 cm³/mol. The number of rotatable bonds is 7. The largest absolute Gasteiger partial charge is 0.507 e. The van der Waals surface area contributed by atoms with E-state index in [2.05, 4.69) is 12.1 Å². The van der Waals surface area contributed by atoms with Crippen molar-refractivity contribution in [3.63, 3.8) is 0 Å². The van der Waals surface area contributed by atoms with E-state index in [9.17, 15) is 5.11 Å². The van der Waals surface area contributed by atoms with Gasteiger partial charge in [0.25, 0.3) is 0 Å². The molecule has 0 heterocycles. The second kappa shape index (κ2) is 7.75. The smallest absolute Gasteiger partial charge is 0.125 e. The molecule has 0 aliphatic rings. The molecule has 3 nitrogen and oxygen atoms in total. The highest BCUT2D eigenvalue weighted by atomic mass is 16.4. The first-order chi connectivity index (χ1) is 8.69. The fourth-order valence-corrected chi connectivity index (χ4v) is 2.02. The third-order valence-electron chi connectivity index (χ3n) is 3.10. The van der Waals surface area contributed by atoms with Crippen molar-refractivity contribution < 1.29 is 10.3 Å². The minimum atomic E-state index is 0.191. The van der Waals surface area contributed by atoms with Gasteiger partial charge in [-0.15, -0.1) is 0 Å². The van der Waals surface area contributed by atoms with Crippen LogP contribution in [0, 0.1) is 6.92 Å². The lowest BCUT2D eigenvalue weighted by Gasteiger charge is -2.07. The molecule has 0 saturated carbocycles. The van der Waals surface area contributed by atoms with Crippen molar-refractivity contribution >= 4 is 5.71 Å². The van der Waals surface area contributed by atoms with Crippen LogP contribution in [0.5, 0.6) is 5.75 Å². The molecule has 0 amide bonds. The van der Waals surface area contributed by atoms with Crippen LogP contribution in [-0.4, -0.2) is 16.0 Å². The number of aromatic hydroxyl groups is 1. The normalized spacial score (nSPS) is 11.8. The van der Waals surface area contributed by atoms with E-state index in [1.165, 1.54) is 19.3 Å². The van der Waals surface area contributed by atoms with Gasteiger partial charge in [-0.3, -0.25) is 0 Å². The van der Waals surface area contributed by atoms with Crippen molar-refractivity contribution in [3.05, 3.63) is 29.3 Å². The van der Waals surface area contributed by atoms with Gasteiger partial charge in [0.05, 0.1) is 5.71 Å². The molecular weight excluding hydrogens is 226 g/mol. The van der Waals surface area contributed by atoms with Crippen LogP contribution in [0.4, 0.5) is 0 Å². The number of nitrogens with zero attached hydrogens (tertiary/aromatic N) is 1. The Morgan fingerprint density at radius 1 is 1.17 bits per heavy atom. The fraction of sp³-hybridized carbons (Fsp3) is 0.533. The van der Waals surface area contributed by atoms with Gasteiger partial charge >= 0.3 is 0 Å². The molecule has 0 fully saturated rings. The second-order valence-corrected chi connectivity index (χ2v) is 4.73. The average molecular weight is 249 g/mol. The highest BCUT2D eigenvalue weighted by molar-refractivity contribution is 6.02. The molecule has 0 aliphatic carbocycles. The highest BCUT2D eigenvalue weighted by Gasteiger charge is 2.09. The lowest BCUT2D eigenvalue weighted by molar-refractivity contribution is 0.317. The minimum absolute atomic E-state index is 0.191. The Labute approximate surface area is 109 Å². The van der Waals surface area contributed by atoms with Gasteiger partial charge in [0.1, 0.15) is 5.75 Å². The van der Waals surface area contributed by atoms with E-state index in [4.69, 9.17) is 5.21 Å². The van der Waals surface area contributed by atoms with Gasteiger partial charge in [0.2, 0.25) is 0 Å². The molecule has 0 aliphatic heterocycles. The summed E-state index contributed by atoms with van der Waals surface area (Å²) in [4.78, 5) is 0. The van der Waals surface area contributed by atoms with Crippen molar-refractivity contribution in [1.82, 2.24) is 0 Å². The van der Waals surface area contributed by atoms with Crippen molar-refractivity contribution in [2.75, 3.05) is 0 Å². The molecule has 1 aromatic rings. The highest BCUT2D eigenvalue weighted by Crippen LogP contribution is 2.21. The summed E-state index contributed by atoms with van der Waals surface area (Å²) in [6.07, 6.45) is 6.53. The molecule has 0 saturated heterocycles. The number of phenols is 1. The van der Waals surface area contributed by atoms with Gasteiger partial charge in [0, 0.05) is 5.56 Å². The van der Waals surface area contributed by atoms with Gasteiger partial charge in [-0.2, -0.15) is 0 Å². The number of oxime groups is 1. The molecule has 0 atom stereocenters. The van der Waals surface area contributed by atoms with E-state index in [0.717, 1.165) is 18.4 Å². The number of aryl methyl sites for hydroxylation is 1. The van der Waals surface area contributed by atoms with E-state index in [-0.39, 0.29) is 5.75 Å². The van der Waals surface area contributed by atoms with Gasteiger partial charge in [-0.05, 0) is 37.5 Å². The summed E-state index contributed by atoms with van der Waals surface area (Å²) in [5, 5.41) is 22.2. The quantitative estimate of drug-likeness (QED) is 0.329. The van der Waals surface area contributed by atoms with Crippen LogP contribution in [0.1, 0.15) is 56.6 Å². The van der Waals surface area contributed by atoms with E-state index in [1.807, 2.05) is 19.1 Å². The van der Waals surface area contributed by atoms with Crippen LogP contribution in [0.25, 0.3) is 0 Å². The summed E-state index contributed by atoms with van der Waals surface area (Å²) < 4.78 is 0. The summed E-state index contributed by atoms with van der Waals surface area (Å²) >= 11 is 0. The lowest BCUT2D eigenvalue weighted by Crippen LogP contribution is -2.02. The van der Waals surface area contributed by atoms with Crippen LogP contribution in [0.2, 0.25) is 0 Å². The van der Waals surface area contributed by atoms with Gasteiger partial charge < -0.3 is 10.3 Å². The maximum absolute atomic E-state index is 9.84. The number of hydrogen-bond acceptors (Lipinski definition) is 3. The summed E-state index contributed by atoms with van der Waals surface area (Å²) in [5.74, 6) is 0.191. The average Bonchev–Trinajstić information content (AvgIpc) is 2.35. The molecular formula is C15H23NO2. The van der Waals surface area contributed by atoms with Crippen molar-refractivity contribution in [1.29, 1.82) is 0 Å². The molecule has 0 aromatic heterocycles. The van der Waals surface area contributed by atoms with Crippen molar-refractivity contribution in [3.8, 4) is 5.75 Å². The number of benzene rings is 1. The first-order valence-electron chi connectivity index (χ1n) is 6.70. The molecule has 0 radical (unpaired) electrons. The molecule has 0 spiro atoms. The zero-order valence-corrected chi connectivity index (χ0v) is 11.3. The van der Waals surface area contributed by atoms with Crippen LogP contribution < -0.4 is 0 Å². The standard InChI is InChI=1S/C15H23NO2/c1-3-4-5-6-7-8-14(16-18)13-10-9-12(2)11-15(13)17/h9-11,17-18H,3-8H2,1-2H3/b16-14+. The number of phenolic OH excluding ortho intramolecular Hbond substituents is 1. The predicted octanol–water partition coefficient (Wildman–Crippen LogP) is 4.24. The summed E-state index contributed by atoms with van der Waals surface area (Å²) in [5.41, 5.74) is 2.21. The fourth-order valence-electron chi connectivity index (χ4n) is 2.02. The summed E-state index contributed by atoms with van der Waals surface area (Å²) in [6, 6.07) is 5.42. The van der Waals surface area contributed by atoms with Gasteiger partial charge in [-0.25, -0.2) is 0 Å². The van der Waals surface area contributed by atoms with Crippen LogP contribution in [0.3, 0.4) is 0 Å². The van der Waals surface area contributed by atoms with E-state index in [0.29, 0.717) is 17.7 Å². The molecule has 0 unspecified atom stereocenters. The molecule has 18 heavy (non-hydrogen) atoms. The second-order valence-electron chi connectivity index (χ2n) is 4.73. The Balaban J connectivity index is 2.56. The zero-order chi connectivity index (χ0) is 13.4. The third kappa shape index (κ3) is 4.40. The molecule has 0 bridgehead atoms. The monoisotopic (exact) mass is 249 g/mol. The van der Waals surface area contributed by atoms with Crippen molar-refractivity contribution in [2.24, 2.45) is 5.16 Å². The van der Waals surface area contributed by atoms with Crippen LogP contribution in [0.15, 0.2) is 23.4 Å². The topological polar surface area (TPSA) is 52.8 Å². The van der Waals surface area contributed by atoms with Crippen molar-refractivity contribution in [2.45, 2.75) is 52.4 Å². The van der Waals surface area contributed by atoms with E-state index >= 15 is 0 Å². The Hall–Kier alpha value is -1.51. The lowest BCUT2D eigenvalue weighted by atomic mass is 10.0. The Morgan fingerprint density at radius 3 is 2.50 bits per heavy atom. The number of hydrogen-bond donors (Lipinski definition) is 2.